The van der Waals surface area contributed by atoms with Crippen molar-refractivity contribution in [1.82, 2.24) is 9.13 Å². The van der Waals surface area contributed by atoms with Gasteiger partial charge in [0.25, 0.3) is 5.56 Å². The van der Waals surface area contributed by atoms with Crippen LogP contribution in [0.2, 0.25) is 0 Å². The highest BCUT2D eigenvalue weighted by molar-refractivity contribution is 7.71. The van der Waals surface area contributed by atoms with Gasteiger partial charge in [-0.25, -0.2) is 0 Å². The van der Waals surface area contributed by atoms with Crippen LogP contribution in [0.3, 0.4) is 0 Å². The molecule has 1 heterocycles. The molecule has 1 N–H and O–H groups in total. The van der Waals surface area contributed by atoms with Crippen LogP contribution < -0.4 is 5.56 Å². The smallest absolute Gasteiger partial charge is 0.270 e. The number of nitrogens with zero attached hydrogens (tertiary/aromatic N) is 2. The summed E-state index contributed by atoms with van der Waals surface area (Å²) in [6.45, 7) is 0. The molecule has 27 heavy (non-hydrogen) atoms. The fraction of sp³-hybridized carbons (Fsp3) is 0. The molecule has 4 nitrogen and oxygen atoms in total. The van der Waals surface area contributed by atoms with E-state index < -0.39 is 0 Å². The molecule has 0 aliphatic heterocycles. The van der Waals surface area contributed by atoms with Crippen molar-refractivity contribution in [3.63, 3.8) is 0 Å². The lowest BCUT2D eigenvalue weighted by molar-refractivity contribution is 0.433. The molecule has 0 aliphatic rings. The third kappa shape index (κ3) is 2.98. The maximum Gasteiger partial charge on any atom is 0.270 e. The second-order valence-electron chi connectivity index (χ2n) is 5.99. The molecule has 0 unspecified atom stereocenters. The fourth-order valence-electron chi connectivity index (χ4n) is 3.07. The van der Waals surface area contributed by atoms with Gasteiger partial charge in [-0.15, -0.1) is 0 Å². The molecule has 5 heteroatoms. The third-order valence-electron chi connectivity index (χ3n) is 4.33. The lowest BCUT2D eigenvalue weighted by atomic mass is 10.1. The first-order valence-electron chi connectivity index (χ1n) is 8.46. The summed E-state index contributed by atoms with van der Waals surface area (Å²) in [5, 5.41) is 11.0. The summed E-state index contributed by atoms with van der Waals surface area (Å²) >= 11 is 5.61. The standard InChI is InChI=1S/C22H16N2O2S/c25-20-19(16-10-4-1-5-11-16)21(26)24(18-14-8-3-9-15-18)22(27)23(20)17-12-6-2-7-13-17/h1-15,25H. The highest BCUT2D eigenvalue weighted by atomic mass is 32.1. The monoisotopic (exact) mass is 372 g/mol. The minimum Gasteiger partial charge on any atom is -0.494 e. The van der Waals surface area contributed by atoms with E-state index >= 15 is 0 Å². The molecule has 0 spiro atoms. The molecule has 0 radical (unpaired) electrons. The van der Waals surface area contributed by atoms with Gasteiger partial charge in [-0.1, -0.05) is 66.7 Å². The molecule has 0 amide bonds. The highest BCUT2D eigenvalue weighted by Gasteiger charge is 2.20. The molecule has 3 aromatic carbocycles. The Hall–Kier alpha value is -3.44. The summed E-state index contributed by atoms with van der Waals surface area (Å²) in [4.78, 5) is 13.3. The zero-order valence-corrected chi connectivity index (χ0v) is 15.1. The molecule has 0 atom stereocenters. The maximum atomic E-state index is 13.3. The van der Waals surface area contributed by atoms with Crippen molar-refractivity contribution in [1.29, 1.82) is 0 Å². The van der Waals surface area contributed by atoms with E-state index in [0.29, 0.717) is 16.9 Å². The molecule has 4 rings (SSSR count). The SMILES string of the molecule is O=c1c(-c2ccccc2)c(O)n(-c2ccccc2)c(=S)n1-c1ccccc1. The van der Waals surface area contributed by atoms with E-state index in [0.717, 1.165) is 0 Å². The average molecular weight is 372 g/mol. The van der Waals surface area contributed by atoms with Crippen molar-refractivity contribution in [2.24, 2.45) is 0 Å². The van der Waals surface area contributed by atoms with Crippen LogP contribution in [0.4, 0.5) is 0 Å². The van der Waals surface area contributed by atoms with Crippen molar-refractivity contribution >= 4 is 12.2 Å². The van der Waals surface area contributed by atoms with E-state index in [-0.39, 0.29) is 21.8 Å². The molecule has 0 fully saturated rings. The lowest BCUT2D eigenvalue weighted by Crippen LogP contribution is -2.25. The predicted molar refractivity (Wildman–Crippen MR) is 109 cm³/mol. The molecule has 0 saturated carbocycles. The number of aromatic nitrogens is 2. The van der Waals surface area contributed by atoms with Gasteiger partial charge in [0.15, 0.2) is 4.77 Å². The quantitative estimate of drug-likeness (QED) is 0.529. The van der Waals surface area contributed by atoms with E-state index in [4.69, 9.17) is 12.2 Å². The van der Waals surface area contributed by atoms with E-state index in [1.165, 1.54) is 9.13 Å². The summed E-state index contributed by atoms with van der Waals surface area (Å²) in [5.74, 6) is -0.172. The van der Waals surface area contributed by atoms with Gasteiger partial charge in [-0.2, -0.15) is 0 Å². The van der Waals surface area contributed by atoms with Gasteiger partial charge >= 0.3 is 0 Å². The van der Waals surface area contributed by atoms with Gasteiger partial charge in [-0.05, 0) is 42.0 Å². The van der Waals surface area contributed by atoms with Crippen molar-refractivity contribution in [2.45, 2.75) is 0 Å². The Labute approximate surface area is 161 Å². The lowest BCUT2D eigenvalue weighted by Gasteiger charge is -2.17. The van der Waals surface area contributed by atoms with Crippen LogP contribution >= 0.6 is 12.2 Å². The van der Waals surface area contributed by atoms with E-state index in [1.807, 2.05) is 78.9 Å². The van der Waals surface area contributed by atoms with Crippen LogP contribution in [0.1, 0.15) is 0 Å². The highest BCUT2D eigenvalue weighted by Crippen LogP contribution is 2.29. The molecular formula is C22H16N2O2S. The normalized spacial score (nSPS) is 10.7. The van der Waals surface area contributed by atoms with Crippen LogP contribution in [-0.4, -0.2) is 14.2 Å². The maximum absolute atomic E-state index is 13.3. The van der Waals surface area contributed by atoms with Crippen molar-refractivity contribution in [3.05, 3.63) is 106 Å². The largest absolute Gasteiger partial charge is 0.494 e. The summed E-state index contributed by atoms with van der Waals surface area (Å²) in [6.07, 6.45) is 0. The van der Waals surface area contributed by atoms with Gasteiger partial charge in [0.2, 0.25) is 5.88 Å². The minimum atomic E-state index is -0.359. The van der Waals surface area contributed by atoms with Crippen LogP contribution in [0, 0.1) is 4.77 Å². The zero-order valence-electron chi connectivity index (χ0n) is 14.3. The Morgan fingerprint density at radius 3 is 1.63 bits per heavy atom. The van der Waals surface area contributed by atoms with Crippen LogP contribution in [0.15, 0.2) is 95.8 Å². The zero-order chi connectivity index (χ0) is 18.8. The first-order valence-corrected chi connectivity index (χ1v) is 8.86. The number of hydrogen-bond acceptors (Lipinski definition) is 3. The molecular weight excluding hydrogens is 356 g/mol. The Morgan fingerprint density at radius 2 is 1.11 bits per heavy atom. The molecule has 132 valence electrons. The van der Waals surface area contributed by atoms with Gasteiger partial charge < -0.3 is 5.11 Å². The third-order valence-corrected chi connectivity index (χ3v) is 4.69. The Balaban J connectivity index is 2.16. The van der Waals surface area contributed by atoms with E-state index in [9.17, 15) is 9.90 Å². The second kappa shape index (κ2) is 7.05. The van der Waals surface area contributed by atoms with Gasteiger partial charge in [0.05, 0.1) is 11.4 Å². The predicted octanol–water partition coefficient (Wildman–Crippen LogP) is 4.73. The number of rotatable bonds is 3. The summed E-state index contributed by atoms with van der Waals surface area (Å²) in [5.41, 5.74) is 1.81. The second-order valence-corrected chi connectivity index (χ2v) is 6.36. The summed E-state index contributed by atoms with van der Waals surface area (Å²) < 4.78 is 3.17. The van der Waals surface area contributed by atoms with Gasteiger partial charge in [0.1, 0.15) is 5.56 Å². The molecule has 0 saturated heterocycles. The summed E-state index contributed by atoms with van der Waals surface area (Å²) in [7, 11) is 0. The van der Waals surface area contributed by atoms with Crippen molar-refractivity contribution in [2.75, 3.05) is 0 Å². The van der Waals surface area contributed by atoms with Crippen LogP contribution in [0.25, 0.3) is 22.5 Å². The Kier molecular flexibility index (Phi) is 4.44. The fourth-order valence-corrected chi connectivity index (χ4v) is 3.45. The number of benzene rings is 3. The Bertz CT molecular complexity index is 1120. The van der Waals surface area contributed by atoms with Crippen molar-refractivity contribution < 1.29 is 5.11 Å². The topological polar surface area (TPSA) is 47.2 Å². The van der Waals surface area contributed by atoms with Crippen LogP contribution in [-0.2, 0) is 0 Å². The number of hydrogen-bond donors (Lipinski definition) is 1. The van der Waals surface area contributed by atoms with E-state index in [2.05, 4.69) is 0 Å². The molecule has 0 aliphatic carbocycles. The molecule has 0 bridgehead atoms. The van der Waals surface area contributed by atoms with Gasteiger partial charge in [0, 0.05) is 0 Å². The van der Waals surface area contributed by atoms with Crippen molar-refractivity contribution in [3.8, 4) is 28.4 Å². The Morgan fingerprint density at radius 1 is 0.667 bits per heavy atom. The first-order chi connectivity index (χ1) is 13.2. The average Bonchev–Trinajstić information content (AvgIpc) is 2.70. The number of para-hydroxylation sites is 2. The minimum absolute atomic E-state index is 0.172. The van der Waals surface area contributed by atoms with Gasteiger partial charge in [-0.3, -0.25) is 13.9 Å². The van der Waals surface area contributed by atoms with E-state index in [1.54, 1.807) is 12.1 Å². The first kappa shape index (κ1) is 17.0. The molecule has 4 aromatic rings. The summed E-state index contributed by atoms with van der Waals surface area (Å²) in [6, 6.07) is 27.6. The van der Waals surface area contributed by atoms with Crippen LogP contribution in [0.5, 0.6) is 5.88 Å². The number of aromatic hydroxyl groups is 1. The molecule has 1 aromatic heterocycles.